The third kappa shape index (κ3) is 2.96. The maximum absolute atomic E-state index is 12.3. The Morgan fingerprint density at radius 1 is 1.22 bits per heavy atom. The molecule has 0 saturated heterocycles. The molecule has 1 amide bonds. The highest BCUT2D eigenvalue weighted by Gasteiger charge is 2.28. The first kappa shape index (κ1) is 14.9. The molecular formula is C17H15NO5. The lowest BCUT2D eigenvalue weighted by Crippen LogP contribution is -2.25. The van der Waals surface area contributed by atoms with Crippen LogP contribution in [-0.2, 0) is 0 Å². The average Bonchev–Trinajstić information content (AvgIpc) is 3.03. The van der Waals surface area contributed by atoms with Gasteiger partial charge in [-0.15, -0.1) is 0 Å². The van der Waals surface area contributed by atoms with Crippen molar-refractivity contribution in [3.05, 3.63) is 53.2 Å². The Labute approximate surface area is 132 Å². The topological polar surface area (TPSA) is 69.0 Å². The number of furan rings is 1. The number of nitrogens with zero attached hydrogens (tertiary/aromatic N) is 1. The molecule has 0 aliphatic carbocycles. The highest BCUT2D eigenvalue weighted by atomic mass is 16.6. The second-order valence-corrected chi connectivity index (χ2v) is 5.31. The first-order valence-corrected chi connectivity index (χ1v) is 6.98. The minimum atomic E-state index is -0.504. The van der Waals surface area contributed by atoms with Crippen molar-refractivity contribution in [3.8, 4) is 11.5 Å². The van der Waals surface area contributed by atoms with Crippen molar-refractivity contribution in [1.82, 2.24) is 4.90 Å². The number of rotatable bonds is 2. The van der Waals surface area contributed by atoms with Crippen LogP contribution in [0.25, 0.3) is 6.08 Å². The molecule has 3 rings (SSSR count). The lowest BCUT2D eigenvalue weighted by Gasteiger charge is -2.10. The Kier molecular flexibility index (Phi) is 3.65. The van der Waals surface area contributed by atoms with Crippen LogP contribution in [0.5, 0.6) is 11.5 Å². The van der Waals surface area contributed by atoms with E-state index in [4.69, 9.17) is 13.9 Å². The quantitative estimate of drug-likeness (QED) is 0.796. The minimum absolute atomic E-state index is 0.172. The van der Waals surface area contributed by atoms with Crippen LogP contribution < -0.4 is 9.47 Å². The molecule has 0 spiro atoms. The summed E-state index contributed by atoms with van der Waals surface area (Å²) in [6, 6.07) is 8.21. The summed E-state index contributed by atoms with van der Waals surface area (Å²) in [7, 11) is 3.17. The number of Topliss-reactive ketones (excluding diaryl/α,β-unsaturated/α-hetero) is 1. The normalized spacial score (nSPS) is 14.6. The predicted molar refractivity (Wildman–Crippen MR) is 82.5 cm³/mol. The maximum atomic E-state index is 12.3. The zero-order chi connectivity index (χ0) is 16.6. The van der Waals surface area contributed by atoms with Gasteiger partial charge in [0.05, 0.1) is 5.56 Å². The Hall–Kier alpha value is -3.02. The van der Waals surface area contributed by atoms with Crippen molar-refractivity contribution in [1.29, 1.82) is 0 Å². The molecule has 1 aromatic heterocycles. The second-order valence-electron chi connectivity index (χ2n) is 5.31. The molecule has 2 aromatic rings. The number of ether oxygens (including phenoxy) is 2. The molecular weight excluding hydrogens is 298 g/mol. The van der Waals surface area contributed by atoms with Crippen LogP contribution in [0.1, 0.15) is 21.9 Å². The van der Waals surface area contributed by atoms with Crippen molar-refractivity contribution in [2.45, 2.75) is 6.92 Å². The molecule has 2 heterocycles. The molecule has 0 saturated carbocycles. The van der Waals surface area contributed by atoms with Crippen LogP contribution in [0, 0.1) is 6.92 Å². The van der Waals surface area contributed by atoms with E-state index in [1.54, 1.807) is 44.4 Å². The monoisotopic (exact) mass is 313 g/mol. The lowest BCUT2D eigenvalue weighted by atomic mass is 10.1. The molecule has 118 valence electrons. The van der Waals surface area contributed by atoms with E-state index in [2.05, 4.69) is 0 Å². The third-order valence-electron chi connectivity index (χ3n) is 3.25. The number of allylic oxidation sites excluding steroid dienone is 1. The molecule has 6 heteroatoms. The lowest BCUT2D eigenvalue weighted by molar-refractivity contribution is 0.101. The number of hydrogen-bond donors (Lipinski definition) is 0. The number of fused-ring (bicyclic) bond motifs is 1. The van der Waals surface area contributed by atoms with Gasteiger partial charge in [0.1, 0.15) is 23.0 Å². The number of amides is 1. The standard InChI is InChI=1S/C17H15NO5/c1-10-4-5-11(21-10)9-15-16(19)13-7-6-12(8-14(13)23-15)22-17(20)18(2)3/h4-9H,1-3H3/b15-9-. The molecule has 0 bridgehead atoms. The summed E-state index contributed by atoms with van der Waals surface area (Å²) in [5.74, 6) is 1.89. The van der Waals surface area contributed by atoms with Crippen LogP contribution in [0.15, 0.2) is 40.5 Å². The van der Waals surface area contributed by atoms with E-state index in [9.17, 15) is 9.59 Å². The largest absolute Gasteiger partial charge is 0.462 e. The third-order valence-corrected chi connectivity index (χ3v) is 3.25. The van der Waals surface area contributed by atoms with Gasteiger partial charge in [-0.25, -0.2) is 4.79 Å². The number of hydrogen-bond acceptors (Lipinski definition) is 5. The van der Waals surface area contributed by atoms with Gasteiger partial charge in [0.2, 0.25) is 5.78 Å². The van der Waals surface area contributed by atoms with E-state index < -0.39 is 6.09 Å². The van der Waals surface area contributed by atoms with E-state index in [0.29, 0.717) is 22.8 Å². The van der Waals surface area contributed by atoms with E-state index in [0.717, 1.165) is 5.76 Å². The van der Waals surface area contributed by atoms with Crippen molar-refractivity contribution in [2.75, 3.05) is 14.1 Å². The summed E-state index contributed by atoms with van der Waals surface area (Å²) in [6.07, 6.45) is 1.04. The smallest absolute Gasteiger partial charge is 0.414 e. The summed E-state index contributed by atoms with van der Waals surface area (Å²) in [5.41, 5.74) is 0.421. The minimum Gasteiger partial charge on any atom is -0.462 e. The average molecular weight is 313 g/mol. The molecule has 23 heavy (non-hydrogen) atoms. The number of benzene rings is 1. The molecule has 0 N–H and O–H groups in total. The summed E-state index contributed by atoms with van der Waals surface area (Å²) in [5, 5.41) is 0. The van der Waals surface area contributed by atoms with Gasteiger partial charge in [-0.1, -0.05) is 0 Å². The number of ketones is 1. The summed E-state index contributed by atoms with van der Waals surface area (Å²) >= 11 is 0. The summed E-state index contributed by atoms with van der Waals surface area (Å²) in [4.78, 5) is 25.2. The molecule has 1 aromatic carbocycles. The first-order valence-electron chi connectivity index (χ1n) is 6.98. The first-order chi connectivity index (χ1) is 10.9. The molecule has 1 aliphatic heterocycles. The van der Waals surface area contributed by atoms with Crippen LogP contribution in [0.4, 0.5) is 4.79 Å². The van der Waals surface area contributed by atoms with Crippen molar-refractivity contribution in [3.63, 3.8) is 0 Å². The summed E-state index contributed by atoms with van der Waals surface area (Å²) in [6.45, 7) is 1.82. The van der Waals surface area contributed by atoms with Gasteiger partial charge in [0.25, 0.3) is 0 Å². The highest BCUT2D eigenvalue weighted by molar-refractivity contribution is 6.14. The second kappa shape index (κ2) is 5.64. The van der Waals surface area contributed by atoms with Crippen LogP contribution in [0.2, 0.25) is 0 Å². The Morgan fingerprint density at radius 3 is 2.65 bits per heavy atom. The van der Waals surface area contributed by atoms with E-state index in [1.165, 1.54) is 11.0 Å². The Bertz CT molecular complexity index is 816. The molecule has 0 atom stereocenters. The van der Waals surface area contributed by atoms with Crippen LogP contribution in [-0.4, -0.2) is 30.9 Å². The zero-order valence-corrected chi connectivity index (χ0v) is 13.0. The zero-order valence-electron chi connectivity index (χ0n) is 13.0. The SMILES string of the molecule is Cc1ccc(/C=C2\Oc3cc(OC(=O)N(C)C)ccc3C2=O)o1. The van der Waals surface area contributed by atoms with Crippen LogP contribution in [0.3, 0.4) is 0 Å². The van der Waals surface area contributed by atoms with Gasteiger partial charge in [-0.2, -0.15) is 0 Å². The van der Waals surface area contributed by atoms with Gasteiger partial charge >= 0.3 is 6.09 Å². The van der Waals surface area contributed by atoms with Crippen molar-refractivity contribution >= 4 is 18.0 Å². The van der Waals surface area contributed by atoms with Crippen molar-refractivity contribution in [2.24, 2.45) is 0 Å². The van der Waals surface area contributed by atoms with E-state index in [-0.39, 0.29) is 11.5 Å². The highest BCUT2D eigenvalue weighted by Crippen LogP contribution is 2.35. The Balaban J connectivity index is 1.85. The van der Waals surface area contributed by atoms with Crippen molar-refractivity contribution < 1.29 is 23.5 Å². The number of carbonyl (C=O) groups is 2. The molecule has 1 aliphatic rings. The van der Waals surface area contributed by atoms with E-state index >= 15 is 0 Å². The predicted octanol–water partition coefficient (Wildman–Crippen LogP) is 3.26. The fourth-order valence-corrected chi connectivity index (χ4v) is 2.08. The van der Waals surface area contributed by atoms with E-state index in [1.807, 2.05) is 6.92 Å². The number of carbonyl (C=O) groups excluding carboxylic acids is 2. The molecule has 0 unspecified atom stereocenters. The summed E-state index contributed by atoms with van der Waals surface area (Å²) < 4.78 is 16.1. The number of aryl methyl sites for hydroxylation is 1. The maximum Gasteiger partial charge on any atom is 0.414 e. The van der Waals surface area contributed by atoms with Gasteiger partial charge in [0.15, 0.2) is 5.76 Å². The molecule has 0 fully saturated rings. The molecule has 0 radical (unpaired) electrons. The van der Waals surface area contributed by atoms with Gasteiger partial charge < -0.3 is 18.8 Å². The fourth-order valence-electron chi connectivity index (χ4n) is 2.08. The van der Waals surface area contributed by atoms with Crippen LogP contribution >= 0.6 is 0 Å². The van der Waals surface area contributed by atoms with Gasteiger partial charge in [0, 0.05) is 26.2 Å². The van der Waals surface area contributed by atoms with Gasteiger partial charge in [-0.3, -0.25) is 4.79 Å². The molecule has 6 nitrogen and oxygen atoms in total. The fraction of sp³-hybridized carbons (Fsp3) is 0.176. The van der Waals surface area contributed by atoms with Gasteiger partial charge in [-0.05, 0) is 31.2 Å². The Morgan fingerprint density at radius 2 is 2.00 bits per heavy atom.